The molecule has 0 aliphatic rings. The molecule has 0 bridgehead atoms. The highest BCUT2D eigenvalue weighted by atomic mass is 16.4. The highest BCUT2D eigenvalue weighted by molar-refractivity contribution is 5.96. The number of unbranched alkanes of at least 4 members (excludes halogenated alkanes) is 1. The molecule has 0 aromatic carbocycles. The zero-order valence-corrected chi connectivity index (χ0v) is 30.6. The monoisotopic (exact) mass is 772 g/mol. The maximum absolute atomic E-state index is 13.7. The number of carbonyl (C=O) groups excluding carboxylic acids is 8. The number of nitrogens with one attached hydrogen (secondary N) is 5. The summed E-state index contributed by atoms with van der Waals surface area (Å²) in [4.78, 5) is 124. The molecule has 0 radical (unpaired) electrons. The molecule has 0 saturated heterocycles. The van der Waals surface area contributed by atoms with Crippen LogP contribution in [0.1, 0.15) is 90.9 Å². The van der Waals surface area contributed by atoms with Gasteiger partial charge in [-0.05, 0) is 63.8 Å². The Kier molecular flexibility index (Phi) is 23.0. The highest BCUT2D eigenvalue weighted by Crippen LogP contribution is 2.10. The number of carboxylic acid groups (broad SMARTS) is 2. The van der Waals surface area contributed by atoms with Gasteiger partial charge in [0.2, 0.25) is 47.3 Å². The second-order valence-electron chi connectivity index (χ2n) is 13.1. The molecule has 0 aromatic heterocycles. The van der Waals surface area contributed by atoms with Gasteiger partial charge in [-0.1, -0.05) is 13.8 Å². The van der Waals surface area contributed by atoms with Crippen molar-refractivity contribution in [2.24, 2.45) is 34.6 Å². The number of amides is 8. The number of hydrogen-bond donors (Lipinski definition) is 12. The molecule has 8 amide bonds. The molecule has 17 N–H and O–H groups in total. The molecule has 306 valence electrons. The van der Waals surface area contributed by atoms with Crippen LogP contribution in [0, 0.1) is 5.92 Å². The van der Waals surface area contributed by atoms with E-state index in [0.29, 0.717) is 12.8 Å². The average Bonchev–Trinajstić information content (AvgIpc) is 3.07. The summed E-state index contributed by atoms with van der Waals surface area (Å²) in [5.41, 5.74) is 27.0. The quantitative estimate of drug-likeness (QED) is 0.0320. The van der Waals surface area contributed by atoms with Gasteiger partial charge in [0, 0.05) is 25.7 Å². The SMILES string of the molecule is CC(C)C[C@H](NC(=O)[C@H](CCC(N)=O)NC(=O)[C@H](CCCCN)NC(=O)[C@H](CCC(N)=O)NC(=O)[C@@H](N)CCC(=O)O)C(=O)N[C@@H](CCC(N)=O)C(=O)O. The molecule has 0 aliphatic carbocycles. The van der Waals surface area contributed by atoms with Crippen molar-refractivity contribution in [3.63, 3.8) is 0 Å². The van der Waals surface area contributed by atoms with Crippen molar-refractivity contribution < 1.29 is 58.2 Å². The van der Waals surface area contributed by atoms with E-state index in [1.165, 1.54) is 0 Å². The molecule has 0 unspecified atom stereocenters. The summed E-state index contributed by atoms with van der Waals surface area (Å²) in [6.07, 6.45) is -2.14. The van der Waals surface area contributed by atoms with Crippen LogP contribution in [-0.2, 0) is 47.9 Å². The minimum absolute atomic E-state index is 0.00631. The third-order valence-corrected chi connectivity index (χ3v) is 7.84. The van der Waals surface area contributed by atoms with Gasteiger partial charge in [-0.3, -0.25) is 43.2 Å². The van der Waals surface area contributed by atoms with Crippen molar-refractivity contribution in [3.8, 4) is 0 Å². The molecule has 54 heavy (non-hydrogen) atoms. The molecule has 0 spiro atoms. The Labute approximate surface area is 312 Å². The molecule has 0 aromatic rings. The lowest BCUT2D eigenvalue weighted by molar-refractivity contribution is -0.143. The molecule has 22 heteroatoms. The minimum atomic E-state index is -1.52. The van der Waals surface area contributed by atoms with Crippen molar-refractivity contribution in [1.82, 2.24) is 26.6 Å². The molecule has 6 atom stereocenters. The lowest BCUT2D eigenvalue weighted by Crippen LogP contribution is -2.59. The first-order valence-corrected chi connectivity index (χ1v) is 17.4. The second kappa shape index (κ2) is 25.6. The Hall–Kier alpha value is -5.38. The predicted octanol–water partition coefficient (Wildman–Crippen LogP) is -4.34. The Morgan fingerprint density at radius 1 is 0.500 bits per heavy atom. The summed E-state index contributed by atoms with van der Waals surface area (Å²) < 4.78 is 0. The maximum atomic E-state index is 13.7. The number of primary amides is 3. The van der Waals surface area contributed by atoms with Crippen LogP contribution in [-0.4, -0.2) is 112 Å². The van der Waals surface area contributed by atoms with Crippen molar-refractivity contribution >= 4 is 59.2 Å². The van der Waals surface area contributed by atoms with Gasteiger partial charge in [-0.15, -0.1) is 0 Å². The summed E-state index contributed by atoms with van der Waals surface area (Å²) >= 11 is 0. The first kappa shape index (κ1) is 48.6. The maximum Gasteiger partial charge on any atom is 0.326 e. The Morgan fingerprint density at radius 3 is 1.26 bits per heavy atom. The number of hydrogen-bond acceptors (Lipinski definition) is 12. The standard InChI is InChI=1S/C32H56N10O12/c1-16(2)15-22(31(52)41-21(32(53)54)9-12-25(37)45)42-30(51)20(8-11-24(36)44)40-28(49)18(5-3-4-14-33)39-29(50)19(7-10-23(35)43)38-27(48)17(34)6-13-26(46)47/h16-22H,3-15,33-34H2,1-2H3,(H2,35,43)(H2,36,44)(H2,37,45)(H,38,48)(H,39,50)(H,40,49)(H,41,52)(H,42,51)(H,46,47)(H,53,54)/t17-,18-,19-,20-,21-,22-/m0/s1. The summed E-state index contributed by atoms with van der Waals surface area (Å²) in [5, 5.41) is 30.4. The fourth-order valence-corrected chi connectivity index (χ4v) is 4.90. The predicted molar refractivity (Wildman–Crippen MR) is 190 cm³/mol. The van der Waals surface area contributed by atoms with E-state index < -0.39 is 108 Å². The number of carbonyl (C=O) groups is 10. The van der Waals surface area contributed by atoms with Gasteiger partial charge in [0.15, 0.2) is 0 Å². The summed E-state index contributed by atoms with van der Waals surface area (Å²) in [7, 11) is 0. The zero-order valence-electron chi connectivity index (χ0n) is 30.6. The number of carboxylic acids is 2. The molecule has 22 nitrogen and oxygen atoms in total. The van der Waals surface area contributed by atoms with Crippen molar-refractivity contribution in [2.45, 2.75) is 127 Å². The van der Waals surface area contributed by atoms with Gasteiger partial charge in [0.05, 0.1) is 6.04 Å². The van der Waals surface area contributed by atoms with E-state index in [2.05, 4.69) is 26.6 Å². The van der Waals surface area contributed by atoms with E-state index in [1.807, 2.05) is 0 Å². The average molecular weight is 773 g/mol. The molecule has 0 fully saturated rings. The van der Waals surface area contributed by atoms with Gasteiger partial charge in [-0.25, -0.2) is 4.79 Å². The van der Waals surface area contributed by atoms with Gasteiger partial charge in [0.1, 0.15) is 30.2 Å². The lowest BCUT2D eigenvalue weighted by atomic mass is 10.0. The Bertz CT molecular complexity index is 1350. The number of nitrogens with two attached hydrogens (primary N) is 5. The van der Waals surface area contributed by atoms with Crippen LogP contribution in [0.25, 0.3) is 0 Å². The molecule has 0 rings (SSSR count). The van der Waals surface area contributed by atoms with Crippen molar-refractivity contribution in [1.29, 1.82) is 0 Å². The van der Waals surface area contributed by atoms with E-state index in [4.69, 9.17) is 33.8 Å². The minimum Gasteiger partial charge on any atom is -0.481 e. The molecular weight excluding hydrogens is 716 g/mol. The fraction of sp³-hybridized carbons (Fsp3) is 0.688. The molecule has 0 aliphatic heterocycles. The Morgan fingerprint density at radius 2 is 0.870 bits per heavy atom. The van der Waals surface area contributed by atoms with Crippen LogP contribution in [0.5, 0.6) is 0 Å². The largest absolute Gasteiger partial charge is 0.481 e. The Balaban J connectivity index is 6.31. The summed E-state index contributed by atoms with van der Waals surface area (Å²) in [5.74, 6) is -9.96. The summed E-state index contributed by atoms with van der Waals surface area (Å²) in [6, 6.07) is -8.52. The smallest absolute Gasteiger partial charge is 0.326 e. The van der Waals surface area contributed by atoms with Gasteiger partial charge < -0.3 is 65.5 Å². The van der Waals surface area contributed by atoms with Gasteiger partial charge >= 0.3 is 11.9 Å². The van der Waals surface area contributed by atoms with Crippen LogP contribution in [0.4, 0.5) is 0 Å². The van der Waals surface area contributed by atoms with Crippen LogP contribution in [0.3, 0.4) is 0 Å². The first-order chi connectivity index (χ1) is 25.2. The first-order valence-electron chi connectivity index (χ1n) is 17.4. The van der Waals surface area contributed by atoms with Crippen LogP contribution in [0.2, 0.25) is 0 Å². The van der Waals surface area contributed by atoms with Crippen LogP contribution in [0.15, 0.2) is 0 Å². The van der Waals surface area contributed by atoms with Crippen molar-refractivity contribution in [2.75, 3.05) is 6.54 Å². The topological polar surface area (TPSA) is 401 Å². The van der Waals surface area contributed by atoms with E-state index >= 15 is 0 Å². The van der Waals surface area contributed by atoms with Gasteiger partial charge in [-0.2, -0.15) is 0 Å². The zero-order chi connectivity index (χ0) is 41.5. The molecular formula is C32H56N10O12. The third-order valence-electron chi connectivity index (χ3n) is 7.84. The van der Waals surface area contributed by atoms with E-state index in [1.54, 1.807) is 13.8 Å². The normalized spacial score (nSPS) is 14.2. The number of aliphatic carboxylic acids is 2. The van der Waals surface area contributed by atoms with Crippen LogP contribution < -0.4 is 55.3 Å². The van der Waals surface area contributed by atoms with Gasteiger partial charge in [0.25, 0.3) is 0 Å². The second-order valence-corrected chi connectivity index (χ2v) is 13.1. The molecule has 0 saturated carbocycles. The fourth-order valence-electron chi connectivity index (χ4n) is 4.90. The van der Waals surface area contributed by atoms with E-state index in [-0.39, 0.29) is 63.8 Å². The lowest BCUT2D eigenvalue weighted by Gasteiger charge is -2.27. The third kappa shape index (κ3) is 21.2. The molecule has 0 heterocycles. The van der Waals surface area contributed by atoms with E-state index in [9.17, 15) is 53.1 Å². The van der Waals surface area contributed by atoms with Crippen LogP contribution >= 0.6 is 0 Å². The van der Waals surface area contributed by atoms with E-state index in [0.717, 1.165) is 0 Å². The number of rotatable bonds is 29. The summed E-state index contributed by atoms with van der Waals surface area (Å²) in [6.45, 7) is 3.66. The highest BCUT2D eigenvalue weighted by Gasteiger charge is 2.33. The van der Waals surface area contributed by atoms with Crippen molar-refractivity contribution in [3.05, 3.63) is 0 Å².